The van der Waals surface area contributed by atoms with Gasteiger partial charge in [0.25, 0.3) is 0 Å². The molecule has 0 spiro atoms. The summed E-state index contributed by atoms with van der Waals surface area (Å²) in [4.78, 5) is 28.8. The summed E-state index contributed by atoms with van der Waals surface area (Å²) in [5.41, 5.74) is 1.18. The highest BCUT2D eigenvalue weighted by Crippen LogP contribution is 2.34. The number of carbonyl (C=O) groups excluding carboxylic acids is 2. The lowest BCUT2D eigenvalue weighted by Gasteiger charge is -2.41. The number of aromatic nitrogens is 2. The molecule has 3 rings (SSSR count). The Balaban J connectivity index is 1.91. The van der Waals surface area contributed by atoms with Crippen molar-refractivity contribution in [2.75, 3.05) is 38.8 Å². The van der Waals surface area contributed by atoms with Gasteiger partial charge in [-0.25, -0.2) is 14.3 Å². The van der Waals surface area contributed by atoms with Crippen molar-refractivity contribution in [3.8, 4) is 5.75 Å². The van der Waals surface area contributed by atoms with Crippen LogP contribution in [0.3, 0.4) is 0 Å². The van der Waals surface area contributed by atoms with Gasteiger partial charge in [-0.05, 0) is 33.3 Å². The Kier molecular flexibility index (Phi) is 6.96. The SMILES string of the molecule is COC(=O)[C@@H]1CN(c2c(OC)c(C)nn2Cc2ccccc2)CCN1C(=O)OC(C)(C)C. The number of benzene rings is 1. The van der Waals surface area contributed by atoms with E-state index in [2.05, 4.69) is 5.10 Å². The van der Waals surface area contributed by atoms with Crippen molar-refractivity contribution in [1.82, 2.24) is 14.7 Å². The molecule has 0 aliphatic carbocycles. The summed E-state index contributed by atoms with van der Waals surface area (Å²) < 4.78 is 18.1. The highest BCUT2D eigenvalue weighted by molar-refractivity contribution is 5.83. The molecule has 9 nitrogen and oxygen atoms in total. The largest absolute Gasteiger partial charge is 0.491 e. The van der Waals surface area contributed by atoms with E-state index in [-0.39, 0.29) is 6.54 Å². The van der Waals surface area contributed by atoms with E-state index >= 15 is 0 Å². The zero-order valence-corrected chi connectivity index (χ0v) is 19.6. The maximum absolute atomic E-state index is 12.8. The van der Waals surface area contributed by atoms with Gasteiger partial charge in [0, 0.05) is 13.1 Å². The second kappa shape index (κ2) is 9.50. The molecule has 0 saturated carbocycles. The number of methoxy groups -OCH3 is 2. The van der Waals surface area contributed by atoms with E-state index in [0.29, 0.717) is 25.4 Å². The van der Waals surface area contributed by atoms with Gasteiger partial charge in [-0.1, -0.05) is 30.3 Å². The monoisotopic (exact) mass is 444 g/mol. The highest BCUT2D eigenvalue weighted by atomic mass is 16.6. The lowest BCUT2D eigenvalue weighted by atomic mass is 10.1. The van der Waals surface area contributed by atoms with Crippen LogP contribution in [-0.4, -0.2) is 72.2 Å². The molecule has 1 saturated heterocycles. The van der Waals surface area contributed by atoms with Crippen LogP contribution in [0.25, 0.3) is 0 Å². The highest BCUT2D eigenvalue weighted by Gasteiger charge is 2.40. The molecule has 1 aliphatic heterocycles. The van der Waals surface area contributed by atoms with Crippen molar-refractivity contribution in [2.45, 2.75) is 45.9 Å². The van der Waals surface area contributed by atoms with E-state index in [0.717, 1.165) is 17.1 Å². The number of esters is 1. The van der Waals surface area contributed by atoms with Crippen LogP contribution in [0.4, 0.5) is 10.6 Å². The van der Waals surface area contributed by atoms with Gasteiger partial charge in [-0.2, -0.15) is 5.10 Å². The molecular formula is C23H32N4O5. The molecule has 9 heteroatoms. The summed E-state index contributed by atoms with van der Waals surface area (Å²) in [6.45, 7) is 8.85. The first-order chi connectivity index (χ1) is 15.1. The third-order valence-electron chi connectivity index (χ3n) is 5.21. The summed E-state index contributed by atoms with van der Waals surface area (Å²) in [6, 6.07) is 9.19. The zero-order chi connectivity index (χ0) is 23.5. The number of hydrogen-bond donors (Lipinski definition) is 0. The van der Waals surface area contributed by atoms with E-state index in [1.807, 2.05) is 46.8 Å². The number of rotatable bonds is 5. The Morgan fingerprint density at radius 3 is 2.41 bits per heavy atom. The van der Waals surface area contributed by atoms with Crippen LogP contribution in [0.15, 0.2) is 30.3 Å². The van der Waals surface area contributed by atoms with Crippen molar-refractivity contribution in [3.05, 3.63) is 41.6 Å². The number of carbonyl (C=O) groups is 2. The van der Waals surface area contributed by atoms with E-state index in [1.165, 1.54) is 12.0 Å². The van der Waals surface area contributed by atoms with Crippen LogP contribution in [0.1, 0.15) is 32.0 Å². The Hall–Kier alpha value is -3.23. The van der Waals surface area contributed by atoms with Gasteiger partial charge in [-0.15, -0.1) is 0 Å². The van der Waals surface area contributed by atoms with Crippen LogP contribution in [0, 0.1) is 6.92 Å². The second-order valence-electron chi connectivity index (χ2n) is 8.74. The van der Waals surface area contributed by atoms with Crippen LogP contribution >= 0.6 is 0 Å². The van der Waals surface area contributed by atoms with Crippen molar-refractivity contribution in [2.24, 2.45) is 0 Å². The van der Waals surface area contributed by atoms with Crippen LogP contribution in [0.5, 0.6) is 5.75 Å². The van der Waals surface area contributed by atoms with Crippen LogP contribution in [0.2, 0.25) is 0 Å². The minimum atomic E-state index is -0.811. The van der Waals surface area contributed by atoms with Gasteiger partial charge in [0.05, 0.1) is 27.3 Å². The topological polar surface area (TPSA) is 86.1 Å². The number of anilines is 1. The van der Waals surface area contributed by atoms with E-state index in [1.54, 1.807) is 27.9 Å². The summed E-state index contributed by atoms with van der Waals surface area (Å²) in [5, 5.41) is 4.67. The van der Waals surface area contributed by atoms with E-state index in [4.69, 9.17) is 14.2 Å². The van der Waals surface area contributed by atoms with Gasteiger partial charge in [-0.3, -0.25) is 4.90 Å². The number of aryl methyl sites for hydroxylation is 1. The summed E-state index contributed by atoms with van der Waals surface area (Å²) in [5.74, 6) is 0.923. The first kappa shape index (κ1) is 23.4. The third-order valence-corrected chi connectivity index (χ3v) is 5.21. The van der Waals surface area contributed by atoms with E-state index < -0.39 is 23.7 Å². The Morgan fingerprint density at radius 1 is 1.12 bits per heavy atom. The van der Waals surface area contributed by atoms with Gasteiger partial charge in [0.1, 0.15) is 11.3 Å². The fraction of sp³-hybridized carbons (Fsp3) is 0.522. The fourth-order valence-corrected chi connectivity index (χ4v) is 3.82. The molecule has 1 aromatic carbocycles. The van der Waals surface area contributed by atoms with Crippen molar-refractivity contribution in [3.63, 3.8) is 0 Å². The molecule has 1 fully saturated rings. The van der Waals surface area contributed by atoms with Gasteiger partial charge in [0.15, 0.2) is 17.6 Å². The van der Waals surface area contributed by atoms with Crippen molar-refractivity contribution < 1.29 is 23.8 Å². The quantitative estimate of drug-likeness (QED) is 0.656. The molecule has 0 radical (unpaired) electrons. The second-order valence-corrected chi connectivity index (χ2v) is 8.74. The first-order valence-corrected chi connectivity index (χ1v) is 10.6. The summed E-state index contributed by atoms with van der Waals surface area (Å²) in [6.07, 6.45) is -0.534. The number of hydrogen-bond acceptors (Lipinski definition) is 7. The molecule has 174 valence electrons. The molecule has 1 atom stereocenters. The maximum atomic E-state index is 12.8. The first-order valence-electron chi connectivity index (χ1n) is 10.6. The smallest absolute Gasteiger partial charge is 0.411 e. The molecule has 0 unspecified atom stereocenters. The Bertz CT molecular complexity index is 951. The molecule has 0 bridgehead atoms. The molecule has 2 aromatic rings. The standard InChI is InChI=1S/C23H32N4O5/c1-16-19(30-5)20(27(24-16)14-17-10-8-7-9-11-17)25-12-13-26(18(15-25)21(28)31-6)22(29)32-23(2,3)4/h7-11,18H,12-15H2,1-6H3/t18-/m0/s1. The maximum Gasteiger partial charge on any atom is 0.411 e. The average molecular weight is 445 g/mol. The zero-order valence-electron chi connectivity index (χ0n) is 19.6. The number of ether oxygens (including phenoxy) is 3. The molecule has 0 N–H and O–H groups in total. The third kappa shape index (κ3) is 5.15. The molecule has 1 amide bonds. The lowest BCUT2D eigenvalue weighted by Crippen LogP contribution is -2.59. The van der Waals surface area contributed by atoms with Gasteiger partial charge >= 0.3 is 12.1 Å². The predicted octanol–water partition coefficient (Wildman–Crippen LogP) is 2.85. The Morgan fingerprint density at radius 2 is 1.81 bits per heavy atom. The lowest BCUT2D eigenvalue weighted by molar-refractivity contribution is -0.147. The van der Waals surface area contributed by atoms with Crippen LogP contribution < -0.4 is 9.64 Å². The molecular weight excluding hydrogens is 412 g/mol. The van der Waals surface area contributed by atoms with Gasteiger partial charge in [0.2, 0.25) is 0 Å². The molecule has 1 aromatic heterocycles. The number of amides is 1. The molecule has 2 heterocycles. The normalized spacial score (nSPS) is 16.6. The number of piperazine rings is 1. The molecule has 32 heavy (non-hydrogen) atoms. The predicted molar refractivity (Wildman–Crippen MR) is 120 cm³/mol. The van der Waals surface area contributed by atoms with Gasteiger partial charge < -0.3 is 19.1 Å². The summed E-state index contributed by atoms with van der Waals surface area (Å²) >= 11 is 0. The van der Waals surface area contributed by atoms with Crippen molar-refractivity contribution >= 4 is 17.9 Å². The average Bonchev–Trinajstić information content (AvgIpc) is 3.06. The van der Waals surface area contributed by atoms with E-state index in [9.17, 15) is 9.59 Å². The summed E-state index contributed by atoms with van der Waals surface area (Å²) in [7, 11) is 2.92. The number of nitrogens with zero attached hydrogens (tertiary/aromatic N) is 4. The minimum absolute atomic E-state index is 0.238. The minimum Gasteiger partial charge on any atom is -0.491 e. The Labute approximate surface area is 188 Å². The van der Waals surface area contributed by atoms with Crippen molar-refractivity contribution in [1.29, 1.82) is 0 Å². The fourth-order valence-electron chi connectivity index (χ4n) is 3.82. The molecule has 1 aliphatic rings. The van der Waals surface area contributed by atoms with Crippen LogP contribution in [-0.2, 0) is 20.8 Å².